The summed E-state index contributed by atoms with van der Waals surface area (Å²) >= 11 is 0. The van der Waals surface area contributed by atoms with Crippen LogP contribution in [0.4, 0.5) is 0 Å². The monoisotopic (exact) mass is 170 g/mol. The first-order chi connectivity index (χ1) is 4.89. The quantitative estimate of drug-likeness (QED) is 0.497. The second-order valence-electron chi connectivity index (χ2n) is 3.98. The Kier molecular flexibility index (Phi) is 3.84. The fourth-order valence-corrected chi connectivity index (χ4v) is 3.24. The molecule has 0 bridgehead atoms. The summed E-state index contributed by atoms with van der Waals surface area (Å²) < 4.78 is 0. The van der Waals surface area contributed by atoms with Crippen molar-refractivity contribution in [1.82, 2.24) is 0 Å². The molecule has 0 unspecified atom stereocenters. The van der Waals surface area contributed by atoms with Crippen molar-refractivity contribution in [3.05, 3.63) is 0 Å². The van der Waals surface area contributed by atoms with Crippen LogP contribution in [-0.2, 0) is 0 Å². The van der Waals surface area contributed by atoms with Crippen molar-refractivity contribution >= 4 is 8.07 Å². The van der Waals surface area contributed by atoms with Crippen molar-refractivity contribution in [1.29, 1.82) is 0 Å². The highest BCUT2D eigenvalue weighted by atomic mass is 28.3. The van der Waals surface area contributed by atoms with E-state index in [1.807, 2.05) is 13.8 Å². The van der Waals surface area contributed by atoms with Crippen LogP contribution in [0.25, 0.3) is 0 Å². The Bertz CT molecular complexity index is 168. The first-order valence-electron chi connectivity index (χ1n) is 4.00. The predicted octanol–water partition coefficient (Wildman–Crippen LogP) is 2.10. The molecule has 1 N–H and O–H groups in total. The van der Waals surface area contributed by atoms with Crippen LogP contribution in [0.5, 0.6) is 0 Å². The lowest BCUT2D eigenvalue weighted by Gasteiger charge is -2.26. The lowest BCUT2D eigenvalue weighted by atomic mass is 10.3. The maximum Gasteiger partial charge on any atom is 0.0646 e. The number of hydrogen-bond donors (Lipinski definition) is 1. The molecule has 0 aromatic heterocycles. The van der Waals surface area contributed by atoms with E-state index in [-0.39, 0.29) is 11.6 Å². The highest BCUT2D eigenvalue weighted by molar-refractivity contribution is 6.78. The van der Waals surface area contributed by atoms with Crippen molar-refractivity contribution in [3.8, 4) is 11.8 Å². The molecule has 0 fully saturated rings. The van der Waals surface area contributed by atoms with Crippen LogP contribution in [0.2, 0.25) is 25.2 Å². The van der Waals surface area contributed by atoms with E-state index in [4.69, 9.17) is 0 Å². The van der Waals surface area contributed by atoms with E-state index >= 15 is 0 Å². The van der Waals surface area contributed by atoms with Crippen LogP contribution >= 0.6 is 0 Å². The highest BCUT2D eigenvalue weighted by Crippen LogP contribution is 2.24. The van der Waals surface area contributed by atoms with Gasteiger partial charge in [0.1, 0.15) is 0 Å². The first-order valence-corrected chi connectivity index (χ1v) is 7.57. The molecule has 0 saturated carbocycles. The molecule has 0 radical (unpaired) electrons. The number of rotatable bonds is 2. The van der Waals surface area contributed by atoms with E-state index in [1.54, 1.807) is 0 Å². The van der Waals surface area contributed by atoms with Gasteiger partial charge in [-0.3, -0.25) is 0 Å². The molecule has 2 heteroatoms. The Balaban J connectivity index is 4.44. The van der Waals surface area contributed by atoms with Crippen LogP contribution in [0.3, 0.4) is 0 Å². The standard InChI is InChI=1S/C9H18OSi/c1-6-7-9(8(2)10)11(3,4)5/h8-10H,1-5H3/t8-,9-/m1/s1. The summed E-state index contributed by atoms with van der Waals surface area (Å²) in [5.74, 6) is 5.96. The molecule has 0 rings (SSSR count). The Morgan fingerprint density at radius 2 is 1.73 bits per heavy atom. The van der Waals surface area contributed by atoms with Gasteiger partial charge in [0.2, 0.25) is 0 Å². The predicted molar refractivity (Wildman–Crippen MR) is 52.2 cm³/mol. The minimum absolute atomic E-state index is 0.215. The second kappa shape index (κ2) is 3.94. The summed E-state index contributed by atoms with van der Waals surface area (Å²) in [6.45, 7) is 10.3. The molecule has 0 spiro atoms. The molecule has 0 aliphatic rings. The van der Waals surface area contributed by atoms with E-state index in [0.29, 0.717) is 0 Å². The third-order valence-electron chi connectivity index (χ3n) is 1.72. The highest BCUT2D eigenvalue weighted by Gasteiger charge is 2.28. The van der Waals surface area contributed by atoms with Crippen LogP contribution in [-0.4, -0.2) is 19.3 Å². The van der Waals surface area contributed by atoms with Crippen LogP contribution in [0, 0.1) is 11.8 Å². The largest absolute Gasteiger partial charge is 0.392 e. The van der Waals surface area contributed by atoms with Gasteiger partial charge < -0.3 is 5.11 Å². The molecule has 11 heavy (non-hydrogen) atoms. The smallest absolute Gasteiger partial charge is 0.0646 e. The first kappa shape index (κ1) is 10.7. The van der Waals surface area contributed by atoms with Crippen molar-refractivity contribution in [2.45, 2.75) is 45.1 Å². The Hall–Kier alpha value is -0.263. The molecule has 0 aromatic rings. The van der Waals surface area contributed by atoms with Gasteiger partial charge in [-0.15, -0.1) is 11.8 Å². The molecule has 64 valence electrons. The van der Waals surface area contributed by atoms with E-state index in [1.165, 1.54) is 0 Å². The van der Waals surface area contributed by atoms with Gasteiger partial charge in [0.05, 0.1) is 14.2 Å². The zero-order valence-corrected chi connectivity index (χ0v) is 9.10. The normalized spacial score (nSPS) is 16.5. The molecule has 1 nitrogen and oxygen atoms in total. The average Bonchev–Trinajstić information content (AvgIpc) is 1.79. The molecule has 0 saturated heterocycles. The lowest BCUT2D eigenvalue weighted by Crippen LogP contribution is -2.33. The summed E-state index contributed by atoms with van der Waals surface area (Å²) in [6, 6.07) is 0. The van der Waals surface area contributed by atoms with Gasteiger partial charge in [-0.25, -0.2) is 0 Å². The SMILES string of the molecule is CC#C[C@H]([C@@H](C)O)[Si](C)(C)C. The fourth-order valence-electron chi connectivity index (χ4n) is 1.22. The van der Waals surface area contributed by atoms with Gasteiger partial charge in [0.15, 0.2) is 0 Å². The minimum atomic E-state index is -1.29. The Labute approximate surface area is 70.8 Å². The molecular weight excluding hydrogens is 152 g/mol. The average molecular weight is 170 g/mol. The number of aliphatic hydroxyl groups excluding tert-OH is 1. The molecule has 2 atom stereocenters. The van der Waals surface area contributed by atoms with Crippen LogP contribution in [0.15, 0.2) is 0 Å². The van der Waals surface area contributed by atoms with Gasteiger partial charge in [0, 0.05) is 5.54 Å². The van der Waals surface area contributed by atoms with E-state index in [0.717, 1.165) is 0 Å². The maximum atomic E-state index is 9.41. The Morgan fingerprint density at radius 1 is 1.27 bits per heavy atom. The van der Waals surface area contributed by atoms with Crippen LogP contribution < -0.4 is 0 Å². The van der Waals surface area contributed by atoms with Crippen LogP contribution in [0.1, 0.15) is 13.8 Å². The van der Waals surface area contributed by atoms with Crippen molar-refractivity contribution < 1.29 is 5.11 Å². The molecular formula is C9H18OSi. The van der Waals surface area contributed by atoms with E-state index in [2.05, 4.69) is 31.5 Å². The minimum Gasteiger partial charge on any atom is -0.392 e. The zero-order chi connectivity index (χ0) is 9.07. The number of hydrogen-bond acceptors (Lipinski definition) is 1. The summed E-state index contributed by atoms with van der Waals surface area (Å²) in [5, 5.41) is 9.41. The summed E-state index contributed by atoms with van der Waals surface area (Å²) in [5.41, 5.74) is 0.215. The van der Waals surface area contributed by atoms with Crippen molar-refractivity contribution in [2.24, 2.45) is 0 Å². The molecule has 0 aliphatic carbocycles. The molecule has 0 aromatic carbocycles. The second-order valence-corrected chi connectivity index (χ2v) is 9.33. The van der Waals surface area contributed by atoms with Gasteiger partial charge in [-0.1, -0.05) is 19.6 Å². The van der Waals surface area contributed by atoms with Gasteiger partial charge in [-0.2, -0.15) is 0 Å². The third kappa shape index (κ3) is 3.59. The number of aliphatic hydroxyl groups is 1. The summed E-state index contributed by atoms with van der Waals surface area (Å²) in [4.78, 5) is 0. The topological polar surface area (TPSA) is 20.2 Å². The van der Waals surface area contributed by atoms with Crippen molar-refractivity contribution in [3.63, 3.8) is 0 Å². The third-order valence-corrected chi connectivity index (χ3v) is 4.21. The van der Waals surface area contributed by atoms with E-state index < -0.39 is 8.07 Å². The van der Waals surface area contributed by atoms with Crippen molar-refractivity contribution in [2.75, 3.05) is 0 Å². The van der Waals surface area contributed by atoms with Gasteiger partial charge >= 0.3 is 0 Å². The summed E-state index contributed by atoms with van der Waals surface area (Å²) in [6.07, 6.45) is -0.283. The Morgan fingerprint density at radius 3 is 1.82 bits per heavy atom. The van der Waals surface area contributed by atoms with E-state index in [9.17, 15) is 5.11 Å². The maximum absolute atomic E-state index is 9.41. The molecule has 0 aliphatic heterocycles. The van der Waals surface area contributed by atoms with Gasteiger partial charge in [0.25, 0.3) is 0 Å². The zero-order valence-electron chi connectivity index (χ0n) is 8.10. The van der Waals surface area contributed by atoms with Gasteiger partial charge in [-0.05, 0) is 13.8 Å². The molecule has 0 amide bonds. The summed E-state index contributed by atoms with van der Waals surface area (Å²) in [7, 11) is -1.29. The molecule has 0 heterocycles. The fraction of sp³-hybridized carbons (Fsp3) is 0.778. The lowest BCUT2D eigenvalue weighted by molar-refractivity contribution is 0.198.